The molecule has 1 N–H and O–H groups in total. The van der Waals surface area contributed by atoms with Crippen LogP contribution in [-0.2, 0) is 0 Å². The Morgan fingerprint density at radius 1 is 1.10 bits per heavy atom. The Balaban J connectivity index is 2.42. The number of hydrogen-bond acceptors (Lipinski definition) is 3. The molecule has 108 valence electrons. The van der Waals surface area contributed by atoms with Crippen LogP contribution in [-0.4, -0.2) is 11.7 Å². The van der Waals surface area contributed by atoms with Crippen molar-refractivity contribution >= 4 is 57.7 Å². The summed E-state index contributed by atoms with van der Waals surface area (Å²) < 4.78 is 6.26. The molecule has 0 radical (unpaired) electrons. The Bertz CT molecular complexity index is 627. The first-order chi connectivity index (χ1) is 9.43. The van der Waals surface area contributed by atoms with Crippen LogP contribution in [0.25, 0.3) is 0 Å². The molecule has 0 aliphatic heterocycles. The molecule has 0 spiro atoms. The van der Waals surface area contributed by atoms with Crippen molar-refractivity contribution in [1.29, 1.82) is 0 Å². The molecule has 0 amide bonds. The number of benzene rings is 1. The molecule has 0 aliphatic carbocycles. The van der Waals surface area contributed by atoms with Gasteiger partial charge in [-0.25, -0.2) is 0 Å². The number of rotatable bonds is 4. The summed E-state index contributed by atoms with van der Waals surface area (Å²) in [6.07, 6.45) is -0.994. The molecule has 1 unspecified atom stereocenters. The van der Waals surface area contributed by atoms with Crippen LogP contribution in [0.2, 0.25) is 18.7 Å². The summed E-state index contributed by atoms with van der Waals surface area (Å²) in [6.45, 7) is 2.32. The largest absolute Gasteiger partial charge is 0.492 e. The summed E-state index contributed by atoms with van der Waals surface area (Å²) >= 11 is 25.4. The van der Waals surface area contributed by atoms with Gasteiger partial charge in [0.15, 0.2) is 0 Å². The quantitative estimate of drug-likeness (QED) is 0.731. The normalized spacial score (nSPS) is 12.5. The number of aliphatic hydroxyl groups excluding tert-OH is 1. The van der Waals surface area contributed by atoms with Crippen molar-refractivity contribution in [2.24, 2.45) is 0 Å². The van der Waals surface area contributed by atoms with Crippen LogP contribution in [0.5, 0.6) is 5.75 Å². The standard InChI is InChI=1S/C13H10Cl4O2S/c1-2-19-10-5-8(14)6(3-9(10)15)12(18)7-4-11(16)20-13(7)17/h3-5,12,18H,2H2,1H3. The molecule has 1 heterocycles. The van der Waals surface area contributed by atoms with Gasteiger partial charge in [0, 0.05) is 17.2 Å². The first kappa shape index (κ1) is 16.2. The molecule has 2 aromatic rings. The van der Waals surface area contributed by atoms with Gasteiger partial charge in [0.05, 0.1) is 21.0 Å². The zero-order chi connectivity index (χ0) is 14.9. The molecule has 1 aromatic heterocycles. The first-order valence-electron chi connectivity index (χ1n) is 5.68. The predicted molar refractivity (Wildman–Crippen MR) is 86.0 cm³/mol. The van der Waals surface area contributed by atoms with Crippen LogP contribution in [0.4, 0.5) is 0 Å². The van der Waals surface area contributed by atoms with Crippen LogP contribution in [0.1, 0.15) is 24.2 Å². The Labute approximate surface area is 140 Å². The molecule has 2 nitrogen and oxygen atoms in total. The SMILES string of the molecule is CCOc1cc(Cl)c(C(O)c2cc(Cl)sc2Cl)cc1Cl. The van der Waals surface area contributed by atoms with Crippen LogP contribution in [0.15, 0.2) is 18.2 Å². The summed E-state index contributed by atoms with van der Waals surface area (Å²) in [5, 5.41) is 11.1. The third-order valence-electron chi connectivity index (χ3n) is 2.62. The molecular weight excluding hydrogens is 362 g/mol. The lowest BCUT2D eigenvalue weighted by Gasteiger charge is -2.15. The Kier molecular flexibility index (Phi) is 5.46. The molecule has 0 saturated carbocycles. The summed E-state index contributed by atoms with van der Waals surface area (Å²) in [7, 11) is 0. The molecule has 1 aromatic carbocycles. The van der Waals surface area contributed by atoms with E-state index in [0.717, 1.165) is 0 Å². The zero-order valence-corrected chi connectivity index (χ0v) is 14.1. The second-order valence-electron chi connectivity index (χ2n) is 3.92. The summed E-state index contributed by atoms with van der Waals surface area (Å²) in [5.74, 6) is 0.476. The monoisotopic (exact) mass is 370 g/mol. The van der Waals surface area contributed by atoms with Gasteiger partial charge in [0.25, 0.3) is 0 Å². The van der Waals surface area contributed by atoms with Crippen molar-refractivity contribution in [3.05, 3.63) is 48.0 Å². The van der Waals surface area contributed by atoms with Crippen LogP contribution < -0.4 is 4.74 Å². The van der Waals surface area contributed by atoms with Gasteiger partial charge >= 0.3 is 0 Å². The van der Waals surface area contributed by atoms with Crippen molar-refractivity contribution in [3.8, 4) is 5.75 Å². The number of halogens is 4. The van der Waals surface area contributed by atoms with Crippen LogP contribution in [0, 0.1) is 0 Å². The molecule has 7 heteroatoms. The van der Waals surface area contributed by atoms with E-state index in [-0.39, 0.29) is 0 Å². The maximum atomic E-state index is 10.4. The van der Waals surface area contributed by atoms with Crippen molar-refractivity contribution in [1.82, 2.24) is 0 Å². The fourth-order valence-electron chi connectivity index (χ4n) is 1.73. The van der Waals surface area contributed by atoms with Crippen LogP contribution in [0.3, 0.4) is 0 Å². The molecule has 1 atom stereocenters. The average molecular weight is 372 g/mol. The van der Waals surface area contributed by atoms with Gasteiger partial charge in [-0.05, 0) is 19.1 Å². The minimum atomic E-state index is -0.994. The highest BCUT2D eigenvalue weighted by molar-refractivity contribution is 7.20. The molecule has 0 bridgehead atoms. The lowest BCUT2D eigenvalue weighted by Crippen LogP contribution is -2.01. The molecule has 0 aliphatic rings. The van der Waals surface area contributed by atoms with Crippen molar-refractivity contribution in [3.63, 3.8) is 0 Å². The van der Waals surface area contributed by atoms with Gasteiger partial charge in [-0.1, -0.05) is 46.4 Å². The Morgan fingerprint density at radius 3 is 2.35 bits per heavy atom. The van der Waals surface area contributed by atoms with E-state index in [1.54, 1.807) is 18.2 Å². The lowest BCUT2D eigenvalue weighted by molar-refractivity contribution is 0.221. The third kappa shape index (κ3) is 3.35. The molecule has 0 saturated heterocycles. The summed E-state index contributed by atoms with van der Waals surface area (Å²) in [6, 6.07) is 4.76. The van der Waals surface area contributed by atoms with E-state index in [0.29, 0.717) is 42.2 Å². The zero-order valence-electron chi connectivity index (χ0n) is 10.3. The summed E-state index contributed by atoms with van der Waals surface area (Å²) in [5.41, 5.74) is 0.959. The number of ether oxygens (including phenoxy) is 1. The minimum Gasteiger partial charge on any atom is -0.492 e. The maximum absolute atomic E-state index is 10.4. The highest BCUT2D eigenvalue weighted by Crippen LogP contribution is 2.41. The topological polar surface area (TPSA) is 29.5 Å². The minimum absolute atomic E-state index is 0.351. The van der Waals surface area contributed by atoms with E-state index >= 15 is 0 Å². The maximum Gasteiger partial charge on any atom is 0.139 e. The third-order valence-corrected chi connectivity index (χ3v) is 4.76. The molecule has 2 rings (SSSR count). The van der Waals surface area contributed by atoms with Gasteiger partial charge in [-0.3, -0.25) is 0 Å². The number of aliphatic hydroxyl groups is 1. The predicted octanol–water partition coefficient (Wildman–Crippen LogP) is 5.84. The summed E-state index contributed by atoms with van der Waals surface area (Å²) in [4.78, 5) is 0. The van der Waals surface area contributed by atoms with E-state index in [1.807, 2.05) is 6.92 Å². The molecular formula is C13H10Cl4O2S. The number of thiophene rings is 1. The fourth-order valence-corrected chi connectivity index (χ4v) is 3.73. The van der Waals surface area contributed by atoms with E-state index in [1.165, 1.54) is 11.3 Å². The highest BCUT2D eigenvalue weighted by Gasteiger charge is 2.21. The fraction of sp³-hybridized carbons (Fsp3) is 0.231. The van der Waals surface area contributed by atoms with Gasteiger partial charge in [-0.15, -0.1) is 11.3 Å². The highest BCUT2D eigenvalue weighted by atomic mass is 35.5. The Morgan fingerprint density at radius 2 is 1.80 bits per heavy atom. The van der Waals surface area contributed by atoms with Crippen LogP contribution >= 0.6 is 57.7 Å². The smallest absolute Gasteiger partial charge is 0.139 e. The van der Waals surface area contributed by atoms with E-state index < -0.39 is 6.10 Å². The van der Waals surface area contributed by atoms with Crippen molar-refractivity contribution < 1.29 is 9.84 Å². The van der Waals surface area contributed by atoms with E-state index in [2.05, 4.69) is 0 Å². The van der Waals surface area contributed by atoms with Gasteiger partial charge in [0.1, 0.15) is 16.2 Å². The van der Waals surface area contributed by atoms with E-state index in [9.17, 15) is 5.11 Å². The van der Waals surface area contributed by atoms with Gasteiger partial charge in [-0.2, -0.15) is 0 Å². The lowest BCUT2D eigenvalue weighted by atomic mass is 10.0. The van der Waals surface area contributed by atoms with Crippen molar-refractivity contribution in [2.75, 3.05) is 6.61 Å². The van der Waals surface area contributed by atoms with Gasteiger partial charge in [0.2, 0.25) is 0 Å². The molecule has 20 heavy (non-hydrogen) atoms. The van der Waals surface area contributed by atoms with Gasteiger partial charge < -0.3 is 9.84 Å². The second-order valence-corrected chi connectivity index (χ2v) is 7.02. The second kappa shape index (κ2) is 6.73. The average Bonchev–Trinajstić information content (AvgIpc) is 2.72. The van der Waals surface area contributed by atoms with Crippen molar-refractivity contribution in [2.45, 2.75) is 13.0 Å². The van der Waals surface area contributed by atoms with E-state index in [4.69, 9.17) is 51.1 Å². The first-order valence-corrected chi connectivity index (χ1v) is 8.01. The number of hydrogen-bond donors (Lipinski definition) is 1. The Hall–Kier alpha value is -0.160. The molecule has 0 fully saturated rings.